The van der Waals surface area contributed by atoms with Crippen molar-refractivity contribution in [3.63, 3.8) is 0 Å². The minimum Gasteiger partial charge on any atom is -0.494 e. The number of nitrogens with one attached hydrogen (secondary N) is 1. The molecule has 2 atom stereocenters. The molecular weight excluding hydrogens is 277 g/mol. The van der Waals surface area contributed by atoms with E-state index >= 15 is 0 Å². The number of nitrogens with zero attached hydrogens (tertiary/aromatic N) is 2. The second-order valence-corrected chi connectivity index (χ2v) is 5.60. The van der Waals surface area contributed by atoms with Crippen molar-refractivity contribution in [2.24, 2.45) is 5.92 Å². The predicted octanol–water partition coefficient (Wildman–Crippen LogP) is 1.93. The molecule has 6 nitrogen and oxygen atoms in total. The minimum atomic E-state index is -0.706. The Bertz CT molecular complexity index is 553. The van der Waals surface area contributed by atoms with Gasteiger partial charge in [0, 0.05) is 25.2 Å². The largest absolute Gasteiger partial charge is 0.494 e. The third-order valence-corrected chi connectivity index (χ3v) is 4.39. The second-order valence-electron chi connectivity index (χ2n) is 5.60. The summed E-state index contributed by atoms with van der Waals surface area (Å²) in [6, 6.07) is 2.74. The molecule has 7 heteroatoms. The van der Waals surface area contributed by atoms with E-state index in [4.69, 9.17) is 4.74 Å². The standard InChI is InChI=1S/C14H18FN3O3/c1-21-14-6-12(13(18(19)20)5-10(14)15)17-7-9-3-2-4-16-11(9)8-17/h5-6,9,11,16H,2-4,7-8H2,1H3/t9-,11+/m0/s1. The van der Waals surface area contributed by atoms with E-state index in [0.717, 1.165) is 32.0 Å². The zero-order valence-corrected chi connectivity index (χ0v) is 11.8. The molecule has 0 saturated carbocycles. The summed E-state index contributed by atoms with van der Waals surface area (Å²) in [6.45, 7) is 2.46. The molecule has 1 aromatic rings. The number of rotatable bonds is 3. The van der Waals surface area contributed by atoms with Gasteiger partial charge in [0.05, 0.1) is 18.1 Å². The number of benzene rings is 1. The van der Waals surface area contributed by atoms with Crippen LogP contribution in [-0.4, -0.2) is 37.7 Å². The molecule has 1 N–H and O–H groups in total. The van der Waals surface area contributed by atoms with Crippen LogP contribution in [-0.2, 0) is 0 Å². The van der Waals surface area contributed by atoms with E-state index < -0.39 is 10.7 Å². The number of nitro groups is 1. The molecule has 2 aliphatic rings. The van der Waals surface area contributed by atoms with E-state index in [1.165, 1.54) is 13.2 Å². The van der Waals surface area contributed by atoms with Crippen LogP contribution in [0.5, 0.6) is 5.75 Å². The van der Waals surface area contributed by atoms with E-state index in [2.05, 4.69) is 5.32 Å². The van der Waals surface area contributed by atoms with E-state index in [-0.39, 0.29) is 11.4 Å². The molecule has 0 radical (unpaired) electrons. The van der Waals surface area contributed by atoms with Gasteiger partial charge in [-0.25, -0.2) is 4.39 Å². The first kappa shape index (κ1) is 14.1. The first-order valence-electron chi connectivity index (χ1n) is 7.10. The predicted molar refractivity (Wildman–Crippen MR) is 76.3 cm³/mol. The van der Waals surface area contributed by atoms with Gasteiger partial charge < -0.3 is 15.0 Å². The van der Waals surface area contributed by atoms with Crippen LogP contribution >= 0.6 is 0 Å². The van der Waals surface area contributed by atoms with Gasteiger partial charge in [-0.2, -0.15) is 0 Å². The Morgan fingerprint density at radius 3 is 2.95 bits per heavy atom. The highest BCUT2D eigenvalue weighted by Gasteiger charge is 2.37. The normalized spacial score (nSPS) is 24.8. The van der Waals surface area contributed by atoms with E-state index in [1.54, 1.807) is 0 Å². The van der Waals surface area contributed by atoms with Crippen molar-refractivity contribution in [1.82, 2.24) is 5.32 Å². The number of methoxy groups -OCH3 is 1. The Balaban J connectivity index is 1.95. The van der Waals surface area contributed by atoms with Crippen LogP contribution in [0.3, 0.4) is 0 Å². The van der Waals surface area contributed by atoms with E-state index in [0.29, 0.717) is 24.2 Å². The summed E-state index contributed by atoms with van der Waals surface area (Å²) >= 11 is 0. The number of fused-ring (bicyclic) bond motifs is 1. The van der Waals surface area contributed by atoms with Crippen LogP contribution in [0.25, 0.3) is 0 Å². The molecule has 2 fully saturated rings. The van der Waals surface area contributed by atoms with E-state index in [9.17, 15) is 14.5 Å². The lowest BCUT2D eigenvalue weighted by Gasteiger charge is -2.24. The molecule has 0 aliphatic carbocycles. The summed E-state index contributed by atoms with van der Waals surface area (Å²) in [5.41, 5.74) is 0.237. The summed E-state index contributed by atoms with van der Waals surface area (Å²) in [5, 5.41) is 14.7. The van der Waals surface area contributed by atoms with Crippen LogP contribution in [0.2, 0.25) is 0 Å². The fourth-order valence-electron chi connectivity index (χ4n) is 3.33. The van der Waals surface area contributed by atoms with Crippen molar-refractivity contribution >= 4 is 11.4 Å². The smallest absolute Gasteiger partial charge is 0.295 e. The van der Waals surface area contributed by atoms with Crippen LogP contribution in [0.4, 0.5) is 15.8 Å². The Hall–Kier alpha value is -1.89. The Morgan fingerprint density at radius 1 is 1.48 bits per heavy atom. The van der Waals surface area contributed by atoms with Gasteiger partial charge in [0.2, 0.25) is 0 Å². The Labute approximate surface area is 122 Å². The summed E-state index contributed by atoms with van der Waals surface area (Å²) in [4.78, 5) is 12.6. The van der Waals surface area contributed by atoms with Gasteiger partial charge in [-0.15, -0.1) is 0 Å². The molecular formula is C14H18FN3O3. The number of nitro benzene ring substituents is 1. The molecule has 114 valence electrons. The van der Waals surface area contributed by atoms with Gasteiger partial charge >= 0.3 is 0 Å². The number of anilines is 1. The molecule has 0 unspecified atom stereocenters. The third kappa shape index (κ3) is 2.53. The maximum Gasteiger partial charge on any atom is 0.295 e. The number of hydrogen-bond donors (Lipinski definition) is 1. The average molecular weight is 295 g/mol. The maximum atomic E-state index is 13.7. The molecule has 1 aromatic carbocycles. The molecule has 21 heavy (non-hydrogen) atoms. The van der Waals surface area contributed by atoms with Crippen molar-refractivity contribution in [2.45, 2.75) is 18.9 Å². The summed E-state index contributed by atoms with van der Waals surface area (Å²) in [7, 11) is 1.36. The lowest BCUT2D eigenvalue weighted by Crippen LogP contribution is -2.40. The lowest BCUT2D eigenvalue weighted by atomic mass is 9.94. The van der Waals surface area contributed by atoms with Gasteiger partial charge in [-0.1, -0.05) is 0 Å². The summed E-state index contributed by atoms with van der Waals surface area (Å²) < 4.78 is 18.7. The molecule has 2 saturated heterocycles. The molecule has 2 aliphatic heterocycles. The van der Waals surface area contributed by atoms with Crippen molar-refractivity contribution in [3.8, 4) is 5.75 Å². The summed E-state index contributed by atoms with van der Waals surface area (Å²) in [6.07, 6.45) is 2.25. The van der Waals surface area contributed by atoms with Crippen LogP contribution in [0.15, 0.2) is 12.1 Å². The number of ether oxygens (including phenoxy) is 1. The van der Waals surface area contributed by atoms with Crippen LogP contribution in [0, 0.1) is 21.8 Å². The zero-order valence-electron chi connectivity index (χ0n) is 11.8. The molecule has 0 spiro atoms. The molecule has 0 aromatic heterocycles. The van der Waals surface area contributed by atoms with Crippen molar-refractivity contribution in [1.29, 1.82) is 0 Å². The lowest BCUT2D eigenvalue weighted by molar-refractivity contribution is -0.384. The molecule has 2 heterocycles. The topological polar surface area (TPSA) is 67.6 Å². The van der Waals surface area contributed by atoms with Crippen molar-refractivity contribution in [3.05, 3.63) is 28.1 Å². The Morgan fingerprint density at radius 2 is 2.29 bits per heavy atom. The fraction of sp³-hybridized carbons (Fsp3) is 0.571. The quantitative estimate of drug-likeness (QED) is 0.681. The van der Waals surface area contributed by atoms with Gasteiger partial charge in [0.15, 0.2) is 11.6 Å². The van der Waals surface area contributed by atoms with Crippen LogP contribution in [0.1, 0.15) is 12.8 Å². The van der Waals surface area contributed by atoms with Gasteiger partial charge in [-0.3, -0.25) is 10.1 Å². The fourth-order valence-corrected chi connectivity index (χ4v) is 3.33. The highest BCUT2D eigenvalue weighted by atomic mass is 19.1. The first-order valence-corrected chi connectivity index (χ1v) is 7.10. The van der Waals surface area contributed by atoms with E-state index in [1.807, 2.05) is 4.90 Å². The average Bonchev–Trinajstić information content (AvgIpc) is 2.90. The SMILES string of the molecule is COc1cc(N2C[C@@H]3CCCN[C@@H]3C2)c([N+](=O)[O-])cc1F. The first-order chi connectivity index (χ1) is 10.1. The van der Waals surface area contributed by atoms with Crippen molar-refractivity contribution < 1.29 is 14.1 Å². The maximum absolute atomic E-state index is 13.7. The van der Waals surface area contributed by atoms with Crippen molar-refractivity contribution in [2.75, 3.05) is 31.6 Å². The zero-order chi connectivity index (χ0) is 15.0. The number of piperidine rings is 1. The second kappa shape index (κ2) is 5.48. The highest BCUT2D eigenvalue weighted by Crippen LogP contribution is 2.38. The van der Waals surface area contributed by atoms with Crippen LogP contribution < -0.4 is 15.0 Å². The molecule has 3 rings (SSSR count). The van der Waals surface area contributed by atoms with Gasteiger partial charge in [0.25, 0.3) is 5.69 Å². The molecule has 0 bridgehead atoms. The van der Waals surface area contributed by atoms with Gasteiger partial charge in [-0.05, 0) is 25.3 Å². The van der Waals surface area contributed by atoms with Gasteiger partial charge in [0.1, 0.15) is 5.69 Å². The molecule has 0 amide bonds. The highest BCUT2D eigenvalue weighted by molar-refractivity contribution is 5.67. The number of hydrogen-bond acceptors (Lipinski definition) is 5. The third-order valence-electron chi connectivity index (χ3n) is 4.39. The number of halogens is 1. The summed E-state index contributed by atoms with van der Waals surface area (Å²) in [5.74, 6) is -0.171. The monoisotopic (exact) mass is 295 g/mol. The Kier molecular flexibility index (Phi) is 3.67. The minimum absolute atomic E-state index is 0.0402.